The Labute approximate surface area is 180 Å². The highest BCUT2D eigenvalue weighted by Crippen LogP contribution is 2.42. The number of nitrogens with one attached hydrogen (secondary N) is 1. The number of halogens is 1. The summed E-state index contributed by atoms with van der Waals surface area (Å²) in [6, 6.07) is 0.624. The summed E-state index contributed by atoms with van der Waals surface area (Å²) in [6.45, 7) is 12.7. The minimum Gasteiger partial charge on any atom is -0.357 e. The number of rotatable bonds is 3. The zero-order chi connectivity index (χ0) is 17.1. The van der Waals surface area contributed by atoms with Crippen molar-refractivity contribution in [2.45, 2.75) is 49.8 Å². The van der Waals surface area contributed by atoms with Crippen LogP contribution in [0.15, 0.2) is 4.99 Å². The van der Waals surface area contributed by atoms with Crippen LogP contribution in [0.1, 0.15) is 39.0 Å². The largest absolute Gasteiger partial charge is 0.357 e. The van der Waals surface area contributed by atoms with Crippen molar-refractivity contribution < 1.29 is 0 Å². The van der Waals surface area contributed by atoms with Gasteiger partial charge in [0.1, 0.15) is 0 Å². The Morgan fingerprint density at radius 2 is 1.88 bits per heavy atom. The summed E-state index contributed by atoms with van der Waals surface area (Å²) in [6.07, 6.45) is 7.07. The first-order chi connectivity index (χ1) is 12.3. The van der Waals surface area contributed by atoms with E-state index in [1.165, 1.54) is 83.1 Å². The van der Waals surface area contributed by atoms with Crippen LogP contribution >= 0.6 is 35.7 Å². The van der Waals surface area contributed by atoms with Crippen molar-refractivity contribution >= 4 is 41.7 Å². The fourth-order valence-electron chi connectivity index (χ4n) is 5.04. The van der Waals surface area contributed by atoms with Gasteiger partial charge in [0.15, 0.2) is 5.96 Å². The lowest BCUT2D eigenvalue weighted by Crippen LogP contribution is -2.62. The molecule has 0 aromatic heterocycles. The van der Waals surface area contributed by atoms with Crippen LogP contribution < -0.4 is 5.32 Å². The van der Waals surface area contributed by atoms with Gasteiger partial charge >= 0.3 is 0 Å². The molecule has 1 aliphatic carbocycles. The van der Waals surface area contributed by atoms with Crippen molar-refractivity contribution in [1.82, 2.24) is 20.0 Å². The van der Waals surface area contributed by atoms with Gasteiger partial charge in [-0.2, -0.15) is 11.8 Å². The molecular weight excluding hydrogens is 457 g/mol. The lowest BCUT2D eigenvalue weighted by molar-refractivity contribution is 0.0173. The van der Waals surface area contributed by atoms with E-state index in [2.05, 4.69) is 38.7 Å². The van der Waals surface area contributed by atoms with E-state index < -0.39 is 0 Å². The van der Waals surface area contributed by atoms with Crippen LogP contribution in [0.25, 0.3) is 0 Å². The van der Waals surface area contributed by atoms with Crippen LogP contribution in [0.2, 0.25) is 0 Å². The van der Waals surface area contributed by atoms with Crippen LogP contribution in [-0.2, 0) is 0 Å². The third-order valence-corrected chi connectivity index (χ3v) is 8.03. The molecule has 0 aromatic carbocycles. The quantitative estimate of drug-likeness (QED) is 0.371. The Morgan fingerprint density at radius 1 is 1.12 bits per heavy atom. The molecule has 2 bridgehead atoms. The van der Waals surface area contributed by atoms with Gasteiger partial charge in [-0.3, -0.25) is 14.8 Å². The maximum Gasteiger partial charge on any atom is 0.194 e. The van der Waals surface area contributed by atoms with Gasteiger partial charge in [0.25, 0.3) is 0 Å². The second-order valence-corrected chi connectivity index (χ2v) is 9.76. The van der Waals surface area contributed by atoms with Crippen molar-refractivity contribution in [3.05, 3.63) is 0 Å². The lowest BCUT2D eigenvalue weighted by Gasteiger charge is -2.47. The van der Waals surface area contributed by atoms with E-state index in [-0.39, 0.29) is 24.0 Å². The summed E-state index contributed by atoms with van der Waals surface area (Å²) < 4.78 is 0.506. The smallest absolute Gasteiger partial charge is 0.194 e. The number of fused-ring (bicyclic) bond motifs is 3. The number of aliphatic imine (C=N–C) groups is 1. The molecule has 5 fully saturated rings. The SMILES string of the molecule is CCNC(=NCC1CN2CCN1CC2)N1CCSC2(CCCCC2)C1.I. The van der Waals surface area contributed by atoms with Gasteiger partial charge in [-0.05, 0) is 19.8 Å². The van der Waals surface area contributed by atoms with Gasteiger partial charge in [-0.1, -0.05) is 19.3 Å². The zero-order valence-electron chi connectivity index (χ0n) is 16.3. The Bertz CT molecular complexity index is 469. The van der Waals surface area contributed by atoms with Gasteiger partial charge in [0, 0.05) is 68.9 Å². The van der Waals surface area contributed by atoms with Crippen molar-refractivity contribution in [3.63, 3.8) is 0 Å². The van der Waals surface area contributed by atoms with Crippen LogP contribution in [-0.4, -0.2) is 96.1 Å². The van der Waals surface area contributed by atoms with Gasteiger partial charge in [0.2, 0.25) is 0 Å². The number of piperazine rings is 3. The fourth-order valence-corrected chi connectivity index (χ4v) is 6.61. The number of nitrogens with zero attached hydrogens (tertiary/aromatic N) is 4. The van der Waals surface area contributed by atoms with E-state index in [0.29, 0.717) is 10.8 Å². The summed E-state index contributed by atoms with van der Waals surface area (Å²) in [5.41, 5.74) is 0. The highest BCUT2D eigenvalue weighted by molar-refractivity contribution is 14.0. The molecule has 0 amide bonds. The third-order valence-electron chi connectivity index (χ3n) is 6.49. The molecule has 1 N–H and O–H groups in total. The predicted octanol–water partition coefficient (Wildman–Crippen LogP) is 2.32. The first kappa shape index (κ1) is 21.0. The number of hydrogen-bond acceptors (Lipinski definition) is 4. The minimum absolute atomic E-state index is 0. The van der Waals surface area contributed by atoms with E-state index in [4.69, 9.17) is 4.99 Å². The Kier molecular flexibility index (Phi) is 7.79. The average Bonchev–Trinajstić information content (AvgIpc) is 2.67. The van der Waals surface area contributed by atoms with E-state index in [1.807, 2.05) is 0 Å². The molecule has 4 heterocycles. The van der Waals surface area contributed by atoms with Crippen LogP contribution in [0.3, 0.4) is 0 Å². The molecule has 1 atom stereocenters. The summed E-state index contributed by atoms with van der Waals surface area (Å²) in [5, 5.41) is 3.59. The van der Waals surface area contributed by atoms with Crippen LogP contribution in [0, 0.1) is 0 Å². The van der Waals surface area contributed by atoms with Crippen molar-refractivity contribution in [3.8, 4) is 0 Å². The second-order valence-electron chi connectivity index (χ2n) is 8.20. The van der Waals surface area contributed by atoms with Gasteiger partial charge in [-0.15, -0.1) is 24.0 Å². The highest BCUT2D eigenvalue weighted by Gasteiger charge is 2.38. The molecular formula is C19H36IN5S. The summed E-state index contributed by atoms with van der Waals surface area (Å²) in [7, 11) is 0. The summed E-state index contributed by atoms with van der Waals surface area (Å²) in [5.74, 6) is 2.43. The topological polar surface area (TPSA) is 34.1 Å². The number of guanidine groups is 1. The predicted molar refractivity (Wildman–Crippen MR) is 123 cm³/mol. The molecule has 5 rings (SSSR count). The maximum atomic E-state index is 5.11. The Hall–Kier alpha value is 0.270. The molecule has 1 saturated carbocycles. The standard InChI is InChI=1S/C19H35N5S.HI/c1-2-20-18(21-14-17-15-22-8-10-23(17)11-9-22)24-12-13-25-19(16-24)6-4-3-5-7-19;/h17H,2-16H2,1H3,(H,20,21);1H. The number of hydrogen-bond donors (Lipinski definition) is 1. The highest BCUT2D eigenvalue weighted by atomic mass is 127. The molecule has 5 aliphatic rings. The molecule has 150 valence electrons. The molecule has 0 radical (unpaired) electrons. The van der Waals surface area contributed by atoms with E-state index >= 15 is 0 Å². The molecule has 4 aliphatic heterocycles. The third kappa shape index (κ3) is 4.81. The first-order valence-corrected chi connectivity index (χ1v) is 11.4. The molecule has 26 heavy (non-hydrogen) atoms. The minimum atomic E-state index is 0. The molecule has 5 nitrogen and oxygen atoms in total. The van der Waals surface area contributed by atoms with E-state index in [9.17, 15) is 0 Å². The van der Waals surface area contributed by atoms with Crippen molar-refractivity contribution in [2.24, 2.45) is 4.99 Å². The van der Waals surface area contributed by atoms with Crippen LogP contribution in [0.4, 0.5) is 0 Å². The zero-order valence-corrected chi connectivity index (χ0v) is 19.4. The number of thioether (sulfide) groups is 1. The normalized spacial score (nSPS) is 33.8. The molecule has 1 spiro atoms. The molecule has 4 saturated heterocycles. The molecule has 1 unspecified atom stereocenters. The van der Waals surface area contributed by atoms with Gasteiger partial charge < -0.3 is 10.2 Å². The fraction of sp³-hybridized carbons (Fsp3) is 0.947. The van der Waals surface area contributed by atoms with Crippen molar-refractivity contribution in [2.75, 3.05) is 64.7 Å². The lowest BCUT2D eigenvalue weighted by atomic mass is 9.87. The van der Waals surface area contributed by atoms with Gasteiger partial charge in [-0.25, -0.2) is 0 Å². The molecule has 0 aromatic rings. The van der Waals surface area contributed by atoms with Crippen molar-refractivity contribution in [1.29, 1.82) is 0 Å². The summed E-state index contributed by atoms with van der Waals surface area (Å²) in [4.78, 5) is 13.0. The molecule has 7 heteroatoms. The van der Waals surface area contributed by atoms with Crippen LogP contribution in [0.5, 0.6) is 0 Å². The van der Waals surface area contributed by atoms with E-state index in [1.54, 1.807) is 0 Å². The Morgan fingerprint density at radius 3 is 2.54 bits per heavy atom. The second kappa shape index (κ2) is 9.65. The monoisotopic (exact) mass is 493 g/mol. The first-order valence-electron chi connectivity index (χ1n) is 10.4. The van der Waals surface area contributed by atoms with E-state index in [0.717, 1.165) is 19.6 Å². The Balaban J connectivity index is 0.00000196. The van der Waals surface area contributed by atoms with Gasteiger partial charge in [0.05, 0.1) is 6.54 Å². The summed E-state index contributed by atoms with van der Waals surface area (Å²) >= 11 is 2.24. The maximum absolute atomic E-state index is 5.11. The average molecular weight is 494 g/mol.